The van der Waals surface area contributed by atoms with E-state index in [2.05, 4.69) is 101 Å². The Hall–Kier alpha value is -2.42. The highest BCUT2D eigenvalue weighted by molar-refractivity contribution is 5.17. The molecule has 0 aliphatic heterocycles. The summed E-state index contributed by atoms with van der Waals surface area (Å²) in [5.74, 6) is 0.751. The summed E-state index contributed by atoms with van der Waals surface area (Å²) in [6, 6.07) is 32.9. The van der Waals surface area contributed by atoms with Gasteiger partial charge in [-0.3, -0.25) is 4.90 Å². The first-order chi connectivity index (χ1) is 16.4. The minimum Gasteiger partial charge on any atom is -0.301 e. The zero-order valence-corrected chi connectivity index (χ0v) is 20.0. The van der Waals surface area contributed by atoms with Crippen LogP contribution >= 0.6 is 0 Å². The molecule has 2 nitrogen and oxygen atoms in total. The average molecular weight is 441 g/mol. The zero-order valence-electron chi connectivity index (χ0n) is 20.0. The Balaban J connectivity index is 1.46. The topological polar surface area (TPSA) is 15.3 Å². The molecule has 33 heavy (non-hydrogen) atoms. The second-order valence-electron chi connectivity index (χ2n) is 9.54. The van der Waals surface area contributed by atoms with Gasteiger partial charge in [-0.15, -0.1) is 0 Å². The molecule has 2 heteroatoms. The van der Waals surface area contributed by atoms with Gasteiger partial charge in [0.2, 0.25) is 0 Å². The zero-order chi connectivity index (χ0) is 22.6. The van der Waals surface area contributed by atoms with Gasteiger partial charge in [0.25, 0.3) is 0 Å². The van der Waals surface area contributed by atoms with Gasteiger partial charge in [-0.1, -0.05) is 110 Å². The number of benzene rings is 3. The van der Waals surface area contributed by atoms with Crippen LogP contribution in [0.3, 0.4) is 0 Å². The summed E-state index contributed by atoms with van der Waals surface area (Å²) < 4.78 is 0. The fraction of sp³-hybridized carbons (Fsp3) is 0.419. The molecule has 0 saturated heterocycles. The van der Waals surface area contributed by atoms with Gasteiger partial charge in [0.05, 0.1) is 6.17 Å². The number of hydrogen-bond acceptors (Lipinski definition) is 2. The van der Waals surface area contributed by atoms with Gasteiger partial charge in [-0.05, 0) is 54.7 Å². The largest absolute Gasteiger partial charge is 0.301 e. The second kappa shape index (κ2) is 13.3. The Kier molecular flexibility index (Phi) is 9.58. The molecule has 0 spiro atoms. The Labute approximate surface area is 201 Å². The third-order valence-electron chi connectivity index (χ3n) is 7.16. The summed E-state index contributed by atoms with van der Waals surface area (Å²) in [4.78, 5) is 2.76. The summed E-state index contributed by atoms with van der Waals surface area (Å²) in [6.07, 6.45) is 10.7. The van der Waals surface area contributed by atoms with Crippen molar-refractivity contribution in [2.24, 2.45) is 5.92 Å². The molecule has 1 unspecified atom stereocenters. The maximum absolute atomic E-state index is 4.04. The van der Waals surface area contributed by atoms with Gasteiger partial charge in [0.1, 0.15) is 0 Å². The van der Waals surface area contributed by atoms with Crippen molar-refractivity contribution in [3.05, 3.63) is 108 Å². The molecule has 3 aromatic rings. The van der Waals surface area contributed by atoms with Crippen molar-refractivity contribution in [2.45, 2.75) is 57.5 Å². The SMILES string of the molecule is c1ccc(CCNC(C2CCCCC2)N(CCc2ccccc2)CCc2ccccc2)cc1. The lowest BCUT2D eigenvalue weighted by molar-refractivity contribution is 0.0917. The van der Waals surface area contributed by atoms with Crippen LogP contribution < -0.4 is 5.32 Å². The highest BCUT2D eigenvalue weighted by atomic mass is 15.3. The van der Waals surface area contributed by atoms with Crippen LogP contribution in [0.5, 0.6) is 0 Å². The molecular weight excluding hydrogens is 400 g/mol. The molecular formula is C31H40N2. The molecule has 0 bridgehead atoms. The first-order valence-corrected chi connectivity index (χ1v) is 13.0. The minimum atomic E-state index is 0.460. The number of nitrogens with zero attached hydrogens (tertiary/aromatic N) is 1. The van der Waals surface area contributed by atoms with E-state index in [1.54, 1.807) is 0 Å². The third kappa shape index (κ3) is 7.84. The van der Waals surface area contributed by atoms with Gasteiger partial charge >= 0.3 is 0 Å². The Morgan fingerprint density at radius 2 is 1.06 bits per heavy atom. The lowest BCUT2D eigenvalue weighted by Crippen LogP contribution is -2.52. The van der Waals surface area contributed by atoms with E-state index in [0.29, 0.717) is 6.17 Å². The molecule has 0 aromatic heterocycles. The Morgan fingerprint density at radius 1 is 0.606 bits per heavy atom. The molecule has 1 N–H and O–H groups in total. The highest BCUT2D eigenvalue weighted by Gasteiger charge is 2.28. The Bertz CT molecular complexity index is 844. The van der Waals surface area contributed by atoms with Crippen LogP contribution in [0, 0.1) is 5.92 Å². The quantitative estimate of drug-likeness (QED) is 0.323. The molecule has 1 fully saturated rings. The van der Waals surface area contributed by atoms with E-state index in [4.69, 9.17) is 0 Å². The standard InChI is InChI=1S/C31H40N2/c1-5-13-27(14-6-1)21-24-32-31(30-19-11-4-12-20-30)33(25-22-28-15-7-2-8-16-28)26-23-29-17-9-3-10-18-29/h1-3,5-10,13-18,30-32H,4,11-12,19-26H2. The van der Waals surface area contributed by atoms with Crippen molar-refractivity contribution in [3.63, 3.8) is 0 Å². The highest BCUT2D eigenvalue weighted by Crippen LogP contribution is 2.28. The summed E-state index contributed by atoms with van der Waals surface area (Å²) in [7, 11) is 0. The van der Waals surface area contributed by atoms with Crippen molar-refractivity contribution in [1.82, 2.24) is 10.2 Å². The summed E-state index contributed by atoms with van der Waals surface area (Å²) in [5, 5.41) is 4.04. The summed E-state index contributed by atoms with van der Waals surface area (Å²) in [5.41, 5.74) is 4.30. The summed E-state index contributed by atoms with van der Waals surface area (Å²) in [6.45, 7) is 3.26. The molecule has 174 valence electrons. The second-order valence-corrected chi connectivity index (χ2v) is 9.54. The maximum atomic E-state index is 4.04. The first kappa shape index (κ1) is 23.7. The van der Waals surface area contributed by atoms with Crippen LogP contribution in [0.4, 0.5) is 0 Å². The van der Waals surface area contributed by atoms with Crippen molar-refractivity contribution in [1.29, 1.82) is 0 Å². The Morgan fingerprint density at radius 3 is 1.55 bits per heavy atom. The maximum Gasteiger partial charge on any atom is 0.0626 e. The summed E-state index contributed by atoms with van der Waals surface area (Å²) >= 11 is 0. The molecule has 0 amide bonds. The first-order valence-electron chi connectivity index (χ1n) is 13.0. The minimum absolute atomic E-state index is 0.460. The van der Waals surface area contributed by atoms with E-state index in [0.717, 1.165) is 44.8 Å². The van der Waals surface area contributed by atoms with E-state index in [1.165, 1.54) is 48.8 Å². The van der Waals surface area contributed by atoms with Crippen LogP contribution in [0.15, 0.2) is 91.0 Å². The van der Waals surface area contributed by atoms with Crippen molar-refractivity contribution in [3.8, 4) is 0 Å². The van der Waals surface area contributed by atoms with E-state index in [-0.39, 0.29) is 0 Å². The van der Waals surface area contributed by atoms with E-state index < -0.39 is 0 Å². The molecule has 3 aromatic carbocycles. The molecule has 1 atom stereocenters. The average Bonchev–Trinajstić information content (AvgIpc) is 2.89. The van der Waals surface area contributed by atoms with Crippen LogP contribution in [0.25, 0.3) is 0 Å². The normalized spacial score (nSPS) is 15.5. The predicted octanol–water partition coefficient (Wildman–Crippen LogP) is 6.51. The molecule has 4 rings (SSSR count). The van der Waals surface area contributed by atoms with E-state index in [9.17, 15) is 0 Å². The monoisotopic (exact) mass is 440 g/mol. The molecule has 1 saturated carbocycles. The number of rotatable bonds is 12. The smallest absolute Gasteiger partial charge is 0.0626 e. The van der Waals surface area contributed by atoms with E-state index in [1.807, 2.05) is 0 Å². The van der Waals surface area contributed by atoms with Gasteiger partial charge in [-0.2, -0.15) is 0 Å². The van der Waals surface area contributed by atoms with Crippen LogP contribution in [0.1, 0.15) is 48.8 Å². The fourth-order valence-electron chi connectivity index (χ4n) is 5.28. The number of hydrogen-bond donors (Lipinski definition) is 1. The van der Waals surface area contributed by atoms with Gasteiger partial charge < -0.3 is 5.32 Å². The molecule has 0 radical (unpaired) electrons. The van der Waals surface area contributed by atoms with Gasteiger partial charge in [-0.25, -0.2) is 0 Å². The van der Waals surface area contributed by atoms with Crippen molar-refractivity contribution >= 4 is 0 Å². The molecule has 1 aliphatic rings. The molecule has 1 aliphatic carbocycles. The predicted molar refractivity (Wildman–Crippen MR) is 140 cm³/mol. The van der Waals surface area contributed by atoms with Gasteiger partial charge in [0.15, 0.2) is 0 Å². The lowest BCUT2D eigenvalue weighted by Gasteiger charge is -2.40. The number of nitrogens with one attached hydrogen (secondary N) is 1. The van der Waals surface area contributed by atoms with Crippen LogP contribution in [-0.2, 0) is 19.3 Å². The van der Waals surface area contributed by atoms with E-state index >= 15 is 0 Å². The van der Waals surface area contributed by atoms with Crippen molar-refractivity contribution in [2.75, 3.05) is 19.6 Å². The van der Waals surface area contributed by atoms with Crippen LogP contribution in [0.2, 0.25) is 0 Å². The lowest BCUT2D eigenvalue weighted by atomic mass is 9.86. The fourth-order valence-corrected chi connectivity index (χ4v) is 5.28. The van der Waals surface area contributed by atoms with Crippen LogP contribution in [-0.4, -0.2) is 30.7 Å². The third-order valence-corrected chi connectivity index (χ3v) is 7.16. The van der Waals surface area contributed by atoms with Gasteiger partial charge in [0, 0.05) is 19.6 Å². The molecule has 0 heterocycles. The van der Waals surface area contributed by atoms with Crippen molar-refractivity contribution < 1.29 is 0 Å².